The summed E-state index contributed by atoms with van der Waals surface area (Å²) in [6, 6.07) is 10.7. The first-order chi connectivity index (χ1) is 11.3. The van der Waals surface area contributed by atoms with Crippen molar-refractivity contribution in [2.75, 3.05) is 53.0 Å². The van der Waals surface area contributed by atoms with Crippen molar-refractivity contribution in [1.29, 1.82) is 0 Å². The number of ether oxygens (including phenoxy) is 1. The number of rotatable bonds is 7. The third-order valence-corrected chi connectivity index (χ3v) is 4.09. The van der Waals surface area contributed by atoms with Gasteiger partial charge in [0.05, 0.1) is 0 Å². The molecule has 1 aliphatic heterocycles. The second-order valence-corrected chi connectivity index (χ2v) is 5.77. The fourth-order valence-corrected chi connectivity index (χ4v) is 2.81. The van der Waals surface area contributed by atoms with Crippen LogP contribution in [0.4, 0.5) is 0 Å². The van der Waals surface area contributed by atoms with Gasteiger partial charge in [0, 0.05) is 59.5 Å². The number of nitrogens with zero attached hydrogens (tertiary/aromatic N) is 3. The Kier molecular flexibility index (Phi) is 11.0. The Hall–Kier alpha value is -0.860. The van der Waals surface area contributed by atoms with Crippen LogP contribution in [0.2, 0.25) is 0 Å². The van der Waals surface area contributed by atoms with Gasteiger partial charge in [0.1, 0.15) is 0 Å². The summed E-state index contributed by atoms with van der Waals surface area (Å²) < 4.78 is 5.36. The molecule has 0 bridgehead atoms. The fourth-order valence-electron chi connectivity index (χ4n) is 2.81. The molecule has 0 atom stereocenters. The van der Waals surface area contributed by atoms with Crippen molar-refractivity contribution in [2.24, 2.45) is 4.99 Å². The van der Waals surface area contributed by atoms with Crippen LogP contribution >= 0.6 is 24.0 Å². The van der Waals surface area contributed by atoms with Crippen LogP contribution in [0, 0.1) is 0 Å². The molecule has 6 heteroatoms. The third kappa shape index (κ3) is 7.36. The Morgan fingerprint density at radius 1 is 1.17 bits per heavy atom. The number of guanidine groups is 1. The van der Waals surface area contributed by atoms with Gasteiger partial charge in [-0.3, -0.25) is 9.89 Å². The Balaban J connectivity index is 0.00000288. The molecule has 1 N–H and O–H groups in total. The highest BCUT2D eigenvalue weighted by Crippen LogP contribution is 2.08. The molecule has 0 radical (unpaired) electrons. The van der Waals surface area contributed by atoms with Gasteiger partial charge in [0.15, 0.2) is 5.96 Å². The van der Waals surface area contributed by atoms with Crippen molar-refractivity contribution in [2.45, 2.75) is 19.9 Å². The number of hydrogen-bond donors (Lipinski definition) is 1. The Morgan fingerprint density at radius 3 is 2.50 bits per heavy atom. The molecule has 1 fully saturated rings. The molecule has 1 aromatic carbocycles. The van der Waals surface area contributed by atoms with Gasteiger partial charge in [-0.05, 0) is 18.9 Å². The van der Waals surface area contributed by atoms with Crippen LogP contribution < -0.4 is 5.32 Å². The van der Waals surface area contributed by atoms with Crippen molar-refractivity contribution in [3.63, 3.8) is 0 Å². The number of aliphatic imine (C=N–C) groups is 1. The minimum absolute atomic E-state index is 0. The zero-order chi connectivity index (χ0) is 16.3. The number of hydrogen-bond acceptors (Lipinski definition) is 3. The maximum Gasteiger partial charge on any atom is 0.193 e. The summed E-state index contributed by atoms with van der Waals surface area (Å²) in [5, 5.41) is 3.44. The van der Waals surface area contributed by atoms with Gasteiger partial charge in [0.25, 0.3) is 0 Å². The molecule has 0 unspecified atom stereocenters. The average Bonchev–Trinajstić information content (AvgIpc) is 2.60. The lowest BCUT2D eigenvalue weighted by Crippen LogP contribution is -2.52. The topological polar surface area (TPSA) is 40.1 Å². The minimum Gasteiger partial charge on any atom is -0.382 e. The van der Waals surface area contributed by atoms with Crippen LogP contribution in [-0.2, 0) is 11.3 Å². The van der Waals surface area contributed by atoms with Gasteiger partial charge in [-0.2, -0.15) is 0 Å². The van der Waals surface area contributed by atoms with Crippen LogP contribution in [0.25, 0.3) is 0 Å². The maximum atomic E-state index is 5.36. The largest absolute Gasteiger partial charge is 0.382 e. The van der Waals surface area contributed by atoms with E-state index in [9.17, 15) is 0 Å². The summed E-state index contributed by atoms with van der Waals surface area (Å²) in [6.07, 6.45) is 1.01. The van der Waals surface area contributed by atoms with E-state index in [1.165, 1.54) is 5.56 Å². The molecule has 2 rings (SSSR count). The quantitative estimate of drug-likeness (QED) is 0.302. The molecule has 136 valence electrons. The normalized spacial score (nSPS) is 15.9. The first-order valence-corrected chi connectivity index (χ1v) is 8.63. The molecule has 1 aromatic rings. The lowest BCUT2D eigenvalue weighted by molar-refractivity contribution is 0.145. The summed E-state index contributed by atoms with van der Waals surface area (Å²) in [5.74, 6) is 1.01. The molecular weight excluding hydrogens is 415 g/mol. The predicted octanol–water partition coefficient (Wildman–Crippen LogP) is 2.42. The van der Waals surface area contributed by atoms with E-state index in [4.69, 9.17) is 4.74 Å². The van der Waals surface area contributed by atoms with Crippen LogP contribution in [-0.4, -0.2) is 68.7 Å². The summed E-state index contributed by atoms with van der Waals surface area (Å²) >= 11 is 0. The summed E-state index contributed by atoms with van der Waals surface area (Å²) in [6.45, 7) is 9.79. The number of piperazine rings is 1. The van der Waals surface area contributed by atoms with Gasteiger partial charge in [-0.25, -0.2) is 0 Å². The van der Waals surface area contributed by atoms with Crippen molar-refractivity contribution in [3.8, 4) is 0 Å². The lowest BCUT2D eigenvalue weighted by Gasteiger charge is -2.36. The van der Waals surface area contributed by atoms with Crippen molar-refractivity contribution >= 4 is 29.9 Å². The zero-order valence-electron chi connectivity index (χ0n) is 14.9. The summed E-state index contributed by atoms with van der Waals surface area (Å²) in [4.78, 5) is 9.27. The van der Waals surface area contributed by atoms with Crippen LogP contribution in [0.1, 0.15) is 18.9 Å². The second kappa shape index (κ2) is 12.5. The molecule has 5 nitrogen and oxygen atoms in total. The smallest absolute Gasteiger partial charge is 0.193 e. The summed E-state index contributed by atoms with van der Waals surface area (Å²) in [5.41, 5.74) is 1.39. The van der Waals surface area contributed by atoms with Crippen molar-refractivity contribution in [3.05, 3.63) is 35.9 Å². The zero-order valence-corrected chi connectivity index (χ0v) is 17.2. The van der Waals surface area contributed by atoms with E-state index in [1.807, 2.05) is 14.0 Å². The molecule has 1 saturated heterocycles. The van der Waals surface area contributed by atoms with E-state index in [0.29, 0.717) is 0 Å². The SMILES string of the molecule is CCOCCCNC(=NC)N1CCN(Cc2ccccc2)CC1.I. The van der Waals surface area contributed by atoms with E-state index >= 15 is 0 Å². The molecule has 1 aliphatic rings. The first-order valence-electron chi connectivity index (χ1n) is 8.63. The van der Waals surface area contributed by atoms with Crippen LogP contribution in [0.5, 0.6) is 0 Å². The molecule has 24 heavy (non-hydrogen) atoms. The third-order valence-electron chi connectivity index (χ3n) is 4.09. The second-order valence-electron chi connectivity index (χ2n) is 5.77. The van der Waals surface area contributed by atoms with Gasteiger partial charge < -0.3 is 15.0 Å². The molecular formula is C18H31IN4O. The monoisotopic (exact) mass is 446 g/mol. The highest BCUT2D eigenvalue weighted by molar-refractivity contribution is 14.0. The fraction of sp³-hybridized carbons (Fsp3) is 0.611. The molecule has 0 spiro atoms. The minimum atomic E-state index is 0. The highest BCUT2D eigenvalue weighted by atomic mass is 127. The molecule has 0 saturated carbocycles. The van der Waals surface area contributed by atoms with Crippen LogP contribution in [0.3, 0.4) is 0 Å². The van der Waals surface area contributed by atoms with Crippen LogP contribution in [0.15, 0.2) is 35.3 Å². The number of benzene rings is 1. The Morgan fingerprint density at radius 2 is 1.88 bits per heavy atom. The highest BCUT2D eigenvalue weighted by Gasteiger charge is 2.19. The van der Waals surface area contributed by atoms with Gasteiger partial charge in [-0.1, -0.05) is 30.3 Å². The number of halogens is 1. The first kappa shape index (κ1) is 21.2. The van der Waals surface area contributed by atoms with E-state index in [0.717, 1.165) is 64.9 Å². The van der Waals surface area contributed by atoms with E-state index in [2.05, 4.69) is 50.4 Å². The van der Waals surface area contributed by atoms with Gasteiger partial charge >= 0.3 is 0 Å². The van der Waals surface area contributed by atoms with E-state index in [-0.39, 0.29) is 24.0 Å². The van der Waals surface area contributed by atoms with Crippen molar-refractivity contribution in [1.82, 2.24) is 15.1 Å². The van der Waals surface area contributed by atoms with Gasteiger partial charge in [-0.15, -0.1) is 24.0 Å². The lowest BCUT2D eigenvalue weighted by atomic mass is 10.2. The van der Waals surface area contributed by atoms with E-state index in [1.54, 1.807) is 0 Å². The van der Waals surface area contributed by atoms with Crippen molar-refractivity contribution < 1.29 is 4.74 Å². The predicted molar refractivity (Wildman–Crippen MR) is 111 cm³/mol. The Labute approximate surface area is 163 Å². The Bertz CT molecular complexity index is 461. The molecule has 1 heterocycles. The number of nitrogens with one attached hydrogen (secondary N) is 1. The van der Waals surface area contributed by atoms with E-state index < -0.39 is 0 Å². The summed E-state index contributed by atoms with van der Waals surface area (Å²) in [7, 11) is 1.86. The molecule has 0 amide bonds. The average molecular weight is 446 g/mol. The molecule has 0 aliphatic carbocycles. The molecule has 0 aromatic heterocycles. The maximum absolute atomic E-state index is 5.36. The standard InChI is InChI=1S/C18H30N4O.HI/c1-3-23-15-7-10-20-18(19-2)22-13-11-21(12-14-22)16-17-8-5-4-6-9-17;/h4-6,8-9H,3,7,10-16H2,1-2H3,(H,19,20);1H. The van der Waals surface area contributed by atoms with Gasteiger partial charge in [0.2, 0.25) is 0 Å².